The molecule has 1 aromatic rings. The minimum Gasteiger partial charge on any atom is -0.397 e. The maximum Gasteiger partial charge on any atom is 0.256 e. The molecule has 0 bridgehead atoms. The van der Waals surface area contributed by atoms with Crippen LogP contribution in [0, 0.1) is 0 Å². The number of nitrogen functional groups attached to an aromatic ring is 1. The number of likely N-dealkylation sites (tertiary alicyclic amines) is 1. The number of hydrogen-bond acceptors (Lipinski definition) is 4. The molecular weight excluding hydrogens is 252 g/mol. The van der Waals surface area contributed by atoms with Gasteiger partial charge in [-0.05, 0) is 26.6 Å². The molecule has 0 aliphatic carbocycles. The molecule has 1 aromatic heterocycles. The van der Waals surface area contributed by atoms with Crippen LogP contribution < -0.4 is 5.73 Å². The molecule has 1 aliphatic heterocycles. The smallest absolute Gasteiger partial charge is 0.256 e. The van der Waals surface area contributed by atoms with Crippen LogP contribution in [-0.4, -0.2) is 53.9 Å². The summed E-state index contributed by atoms with van der Waals surface area (Å²) in [5.74, 6) is -0.0684. The van der Waals surface area contributed by atoms with E-state index >= 15 is 0 Å². The van der Waals surface area contributed by atoms with E-state index in [0.717, 1.165) is 19.5 Å². The number of nitrogens with two attached hydrogens (primary N) is 1. The summed E-state index contributed by atoms with van der Waals surface area (Å²) in [6.45, 7) is 1.48. The quantitative estimate of drug-likeness (QED) is 0.816. The van der Waals surface area contributed by atoms with Gasteiger partial charge in [-0.1, -0.05) is 11.6 Å². The number of halogens is 1. The van der Waals surface area contributed by atoms with Gasteiger partial charge in [0.05, 0.1) is 17.4 Å². The van der Waals surface area contributed by atoms with Crippen molar-refractivity contribution in [2.24, 2.45) is 0 Å². The fourth-order valence-corrected chi connectivity index (χ4v) is 2.30. The van der Waals surface area contributed by atoms with Crippen LogP contribution in [0.1, 0.15) is 16.8 Å². The first-order chi connectivity index (χ1) is 8.49. The molecule has 2 heterocycles. The Balaban J connectivity index is 2.15. The lowest BCUT2D eigenvalue weighted by atomic mass is 10.2. The molecule has 1 saturated heterocycles. The van der Waals surface area contributed by atoms with Crippen molar-refractivity contribution >= 4 is 23.2 Å². The third kappa shape index (κ3) is 2.57. The van der Waals surface area contributed by atoms with Gasteiger partial charge in [-0.3, -0.25) is 4.79 Å². The molecule has 1 fully saturated rings. The Morgan fingerprint density at radius 3 is 2.94 bits per heavy atom. The summed E-state index contributed by atoms with van der Waals surface area (Å²) in [6.07, 6.45) is 2.41. The minimum atomic E-state index is -0.0684. The Bertz CT molecular complexity index is 463. The Labute approximate surface area is 112 Å². The summed E-state index contributed by atoms with van der Waals surface area (Å²) in [5, 5.41) is 0.288. The van der Waals surface area contributed by atoms with E-state index in [1.807, 2.05) is 19.0 Å². The van der Waals surface area contributed by atoms with Gasteiger partial charge in [-0.2, -0.15) is 0 Å². The number of rotatable bonds is 2. The number of hydrogen-bond donors (Lipinski definition) is 1. The highest BCUT2D eigenvalue weighted by atomic mass is 35.5. The standard InChI is InChI=1S/C12H17ClN4O/c1-16(2)8-3-4-17(7-8)12(18)9-5-11(13)15-6-10(9)14/h5-6,8H,3-4,7,14H2,1-2H3. The first-order valence-corrected chi connectivity index (χ1v) is 6.23. The summed E-state index contributed by atoms with van der Waals surface area (Å²) in [6, 6.07) is 1.94. The zero-order valence-corrected chi connectivity index (χ0v) is 11.3. The lowest BCUT2D eigenvalue weighted by molar-refractivity contribution is 0.0784. The van der Waals surface area contributed by atoms with E-state index in [-0.39, 0.29) is 11.1 Å². The van der Waals surface area contributed by atoms with Gasteiger partial charge in [0.1, 0.15) is 5.15 Å². The van der Waals surface area contributed by atoms with E-state index in [0.29, 0.717) is 17.3 Å². The molecule has 0 spiro atoms. The van der Waals surface area contributed by atoms with Crippen molar-refractivity contribution < 1.29 is 4.79 Å². The van der Waals surface area contributed by atoms with Crippen LogP contribution in [0.4, 0.5) is 5.69 Å². The summed E-state index contributed by atoms with van der Waals surface area (Å²) in [5.41, 5.74) is 6.59. The van der Waals surface area contributed by atoms with Gasteiger partial charge in [-0.15, -0.1) is 0 Å². The number of carbonyl (C=O) groups excluding carboxylic acids is 1. The number of anilines is 1. The first-order valence-electron chi connectivity index (χ1n) is 5.85. The largest absolute Gasteiger partial charge is 0.397 e. The number of aromatic nitrogens is 1. The fraction of sp³-hybridized carbons (Fsp3) is 0.500. The average Bonchev–Trinajstić information content (AvgIpc) is 2.81. The van der Waals surface area contributed by atoms with Crippen molar-refractivity contribution in [3.05, 3.63) is 23.0 Å². The van der Waals surface area contributed by atoms with Gasteiger partial charge in [0.25, 0.3) is 5.91 Å². The molecule has 1 unspecified atom stereocenters. The second kappa shape index (κ2) is 5.12. The Morgan fingerprint density at radius 1 is 1.61 bits per heavy atom. The van der Waals surface area contributed by atoms with Crippen LogP contribution in [0.5, 0.6) is 0 Å². The van der Waals surface area contributed by atoms with Crippen molar-refractivity contribution in [1.82, 2.24) is 14.8 Å². The lowest BCUT2D eigenvalue weighted by Gasteiger charge is -2.20. The van der Waals surface area contributed by atoms with Gasteiger partial charge in [-0.25, -0.2) is 4.98 Å². The van der Waals surface area contributed by atoms with Gasteiger partial charge >= 0.3 is 0 Å². The number of carbonyl (C=O) groups is 1. The molecule has 18 heavy (non-hydrogen) atoms. The second-order valence-electron chi connectivity index (χ2n) is 4.75. The third-order valence-electron chi connectivity index (χ3n) is 3.31. The number of nitrogens with zero attached hydrogens (tertiary/aromatic N) is 3. The monoisotopic (exact) mass is 268 g/mol. The average molecular weight is 269 g/mol. The number of likely N-dealkylation sites (N-methyl/N-ethyl adjacent to an activating group) is 1. The van der Waals surface area contributed by atoms with Crippen LogP contribution in [0.25, 0.3) is 0 Å². The molecular formula is C12H17ClN4O. The molecule has 5 nitrogen and oxygen atoms in total. The molecule has 2 N–H and O–H groups in total. The zero-order valence-electron chi connectivity index (χ0n) is 10.6. The number of pyridine rings is 1. The summed E-state index contributed by atoms with van der Waals surface area (Å²) in [4.78, 5) is 20.1. The molecule has 0 radical (unpaired) electrons. The van der Waals surface area contributed by atoms with Crippen molar-refractivity contribution in [2.45, 2.75) is 12.5 Å². The van der Waals surface area contributed by atoms with Gasteiger partial charge in [0.15, 0.2) is 0 Å². The third-order valence-corrected chi connectivity index (χ3v) is 3.52. The maximum atomic E-state index is 12.3. The van der Waals surface area contributed by atoms with E-state index in [1.54, 1.807) is 0 Å². The molecule has 6 heteroatoms. The van der Waals surface area contributed by atoms with E-state index in [4.69, 9.17) is 17.3 Å². The highest BCUT2D eigenvalue weighted by Crippen LogP contribution is 2.21. The van der Waals surface area contributed by atoms with Crippen LogP contribution >= 0.6 is 11.6 Å². The maximum absolute atomic E-state index is 12.3. The van der Waals surface area contributed by atoms with Crippen molar-refractivity contribution in [3.63, 3.8) is 0 Å². The van der Waals surface area contributed by atoms with Crippen LogP contribution in [0.15, 0.2) is 12.3 Å². The lowest BCUT2D eigenvalue weighted by Crippen LogP contribution is -2.34. The molecule has 1 aliphatic rings. The van der Waals surface area contributed by atoms with E-state index in [2.05, 4.69) is 9.88 Å². The zero-order chi connectivity index (χ0) is 13.3. The topological polar surface area (TPSA) is 62.5 Å². The first kappa shape index (κ1) is 13.1. The number of amides is 1. The van der Waals surface area contributed by atoms with Crippen molar-refractivity contribution in [3.8, 4) is 0 Å². The predicted molar refractivity (Wildman–Crippen MR) is 71.7 cm³/mol. The summed E-state index contributed by atoms with van der Waals surface area (Å²) < 4.78 is 0. The fourth-order valence-electron chi connectivity index (χ4n) is 2.14. The normalized spacial score (nSPS) is 19.6. The van der Waals surface area contributed by atoms with Gasteiger partial charge in [0.2, 0.25) is 0 Å². The highest BCUT2D eigenvalue weighted by Gasteiger charge is 2.29. The SMILES string of the molecule is CN(C)C1CCN(C(=O)c2cc(Cl)ncc2N)C1. The molecule has 0 aromatic carbocycles. The van der Waals surface area contributed by atoms with Crippen LogP contribution in [0.2, 0.25) is 5.15 Å². The molecule has 1 amide bonds. The van der Waals surface area contributed by atoms with Crippen molar-refractivity contribution in [2.75, 3.05) is 32.9 Å². The molecule has 98 valence electrons. The van der Waals surface area contributed by atoms with Gasteiger partial charge in [0, 0.05) is 19.1 Å². The molecule has 2 rings (SSSR count). The highest BCUT2D eigenvalue weighted by molar-refractivity contribution is 6.29. The molecule has 1 atom stereocenters. The van der Waals surface area contributed by atoms with E-state index < -0.39 is 0 Å². The minimum absolute atomic E-state index is 0.0684. The van der Waals surface area contributed by atoms with Crippen LogP contribution in [-0.2, 0) is 0 Å². The predicted octanol–water partition coefficient (Wildman–Crippen LogP) is 1.09. The van der Waals surface area contributed by atoms with E-state index in [9.17, 15) is 4.79 Å². The Morgan fingerprint density at radius 2 is 2.33 bits per heavy atom. The summed E-state index contributed by atoms with van der Waals surface area (Å²) >= 11 is 5.80. The summed E-state index contributed by atoms with van der Waals surface area (Å²) in [7, 11) is 4.05. The van der Waals surface area contributed by atoms with Crippen molar-refractivity contribution in [1.29, 1.82) is 0 Å². The van der Waals surface area contributed by atoms with Crippen LogP contribution in [0.3, 0.4) is 0 Å². The second-order valence-corrected chi connectivity index (χ2v) is 5.14. The van der Waals surface area contributed by atoms with E-state index in [1.165, 1.54) is 12.3 Å². The Hall–Kier alpha value is -1.33. The molecule has 0 saturated carbocycles. The Kier molecular flexibility index (Phi) is 3.73. The van der Waals surface area contributed by atoms with Gasteiger partial charge < -0.3 is 15.5 Å².